The Balaban J connectivity index is 1.36. The van der Waals surface area contributed by atoms with Crippen molar-refractivity contribution in [1.82, 2.24) is 9.55 Å². The van der Waals surface area contributed by atoms with E-state index >= 15 is 0 Å². The fourth-order valence-electron chi connectivity index (χ4n) is 4.59. The zero-order valence-electron chi connectivity index (χ0n) is 16.7. The average Bonchev–Trinajstić information content (AvgIpc) is 3.66. The number of nitrogens with zero attached hydrogens (tertiary/aromatic N) is 3. The molecule has 1 aromatic carbocycles. The predicted molar refractivity (Wildman–Crippen MR) is 108 cm³/mol. The lowest BCUT2D eigenvalue weighted by Crippen LogP contribution is -2.36. The van der Waals surface area contributed by atoms with Gasteiger partial charge >= 0.3 is 6.01 Å². The number of carbonyl (C=O) groups excluding carboxylic acids is 1. The van der Waals surface area contributed by atoms with Crippen LogP contribution in [0.15, 0.2) is 18.2 Å². The first-order valence-corrected chi connectivity index (χ1v) is 10.6. The molecular weight excluding hydrogens is 354 g/mol. The molecule has 0 unspecified atom stereocenters. The molecule has 2 saturated carbocycles. The van der Waals surface area contributed by atoms with Gasteiger partial charge in [-0.3, -0.25) is 4.79 Å². The van der Waals surface area contributed by atoms with Crippen LogP contribution in [-0.4, -0.2) is 48.9 Å². The topological polar surface area (TPSA) is 56.6 Å². The van der Waals surface area contributed by atoms with Gasteiger partial charge < -0.3 is 14.4 Å². The van der Waals surface area contributed by atoms with E-state index in [2.05, 4.69) is 22.0 Å². The molecule has 6 heteroatoms. The summed E-state index contributed by atoms with van der Waals surface area (Å²) >= 11 is 0. The van der Waals surface area contributed by atoms with Crippen molar-refractivity contribution in [3.63, 3.8) is 0 Å². The fraction of sp³-hybridized carbons (Fsp3) is 0.636. The number of fused-ring (bicyclic) bond motifs is 1. The van der Waals surface area contributed by atoms with Crippen molar-refractivity contribution in [2.75, 3.05) is 38.3 Å². The van der Waals surface area contributed by atoms with Crippen LogP contribution >= 0.6 is 0 Å². The molecule has 2 aliphatic carbocycles. The van der Waals surface area contributed by atoms with Gasteiger partial charge in [-0.05, 0) is 55.2 Å². The van der Waals surface area contributed by atoms with Crippen LogP contribution in [0.2, 0.25) is 0 Å². The third-order valence-electron chi connectivity index (χ3n) is 6.66. The van der Waals surface area contributed by atoms with E-state index in [-0.39, 0.29) is 5.91 Å². The smallest absolute Gasteiger partial charge is 0.304 e. The SMILES string of the molecule is COc1nc2cc(N3CCOCC3)ccc2n1C(=O)CCC1(CC2CC2)CC1. The third-order valence-corrected chi connectivity index (χ3v) is 6.66. The van der Waals surface area contributed by atoms with Gasteiger partial charge in [0.15, 0.2) is 0 Å². The van der Waals surface area contributed by atoms with Gasteiger partial charge in [0.1, 0.15) is 0 Å². The molecule has 2 aromatic rings. The number of imidazole rings is 1. The molecule has 3 fully saturated rings. The van der Waals surface area contributed by atoms with Gasteiger partial charge in [0.2, 0.25) is 5.91 Å². The Bertz CT molecular complexity index is 877. The minimum absolute atomic E-state index is 0.0977. The van der Waals surface area contributed by atoms with Crippen LogP contribution in [0.3, 0.4) is 0 Å². The van der Waals surface area contributed by atoms with Crippen molar-refractivity contribution < 1.29 is 14.3 Å². The Hall–Kier alpha value is -2.08. The van der Waals surface area contributed by atoms with Crippen LogP contribution in [0.1, 0.15) is 49.7 Å². The summed E-state index contributed by atoms with van der Waals surface area (Å²) in [6.45, 7) is 3.25. The van der Waals surface area contributed by atoms with Crippen LogP contribution in [0, 0.1) is 11.3 Å². The van der Waals surface area contributed by atoms with Crippen molar-refractivity contribution in [3.8, 4) is 6.01 Å². The van der Waals surface area contributed by atoms with E-state index in [1.165, 1.54) is 32.1 Å². The van der Waals surface area contributed by atoms with Gasteiger partial charge in [-0.15, -0.1) is 0 Å². The lowest BCUT2D eigenvalue weighted by molar-refractivity contribution is 0.0883. The van der Waals surface area contributed by atoms with Gasteiger partial charge in [0.05, 0.1) is 31.4 Å². The molecule has 0 amide bonds. The third kappa shape index (κ3) is 3.50. The summed E-state index contributed by atoms with van der Waals surface area (Å²) in [5.74, 6) is 1.03. The molecule has 1 saturated heterocycles. The summed E-state index contributed by atoms with van der Waals surface area (Å²) in [4.78, 5) is 20.0. The quantitative estimate of drug-likeness (QED) is 0.726. The molecule has 0 bridgehead atoms. The summed E-state index contributed by atoms with van der Waals surface area (Å²) in [5, 5.41) is 0. The Morgan fingerprint density at radius 3 is 2.75 bits per heavy atom. The summed E-state index contributed by atoms with van der Waals surface area (Å²) in [5.41, 5.74) is 3.22. The molecule has 3 aliphatic rings. The maximum absolute atomic E-state index is 13.1. The molecule has 150 valence electrons. The highest BCUT2D eigenvalue weighted by molar-refractivity contribution is 5.93. The summed E-state index contributed by atoms with van der Waals surface area (Å²) in [6.07, 6.45) is 8.26. The van der Waals surface area contributed by atoms with Gasteiger partial charge in [0, 0.05) is 25.2 Å². The molecule has 28 heavy (non-hydrogen) atoms. The van der Waals surface area contributed by atoms with Crippen LogP contribution in [0.25, 0.3) is 11.0 Å². The molecular formula is C22H29N3O3. The van der Waals surface area contributed by atoms with Crippen LogP contribution < -0.4 is 9.64 Å². The molecule has 0 spiro atoms. The monoisotopic (exact) mass is 383 g/mol. The zero-order chi connectivity index (χ0) is 19.1. The van der Waals surface area contributed by atoms with Gasteiger partial charge in [-0.1, -0.05) is 12.8 Å². The molecule has 1 aliphatic heterocycles. The average molecular weight is 383 g/mol. The molecule has 5 rings (SSSR count). The maximum atomic E-state index is 13.1. The number of aromatic nitrogens is 2. The zero-order valence-corrected chi connectivity index (χ0v) is 16.7. The van der Waals surface area contributed by atoms with Crippen molar-refractivity contribution in [1.29, 1.82) is 0 Å². The van der Waals surface area contributed by atoms with E-state index < -0.39 is 0 Å². The number of rotatable bonds is 7. The number of anilines is 1. The number of benzene rings is 1. The predicted octanol–water partition coefficient (Wildman–Crippen LogP) is 3.88. The largest absolute Gasteiger partial charge is 0.468 e. The minimum Gasteiger partial charge on any atom is -0.468 e. The first-order valence-electron chi connectivity index (χ1n) is 10.6. The Kier molecular flexibility index (Phi) is 4.54. The van der Waals surface area contributed by atoms with Crippen LogP contribution in [0.5, 0.6) is 6.01 Å². The molecule has 0 N–H and O–H groups in total. The number of morpholine rings is 1. The van der Waals surface area contributed by atoms with Crippen LogP contribution in [0.4, 0.5) is 5.69 Å². The lowest BCUT2D eigenvalue weighted by atomic mass is 9.93. The first-order chi connectivity index (χ1) is 13.7. The molecule has 0 radical (unpaired) electrons. The summed E-state index contributed by atoms with van der Waals surface area (Å²) < 4.78 is 12.6. The number of carbonyl (C=O) groups is 1. The second kappa shape index (κ2) is 7.07. The standard InChI is InChI=1S/C22H29N3O3/c1-27-21-23-18-14-17(24-10-12-28-13-11-24)4-5-19(18)25(21)20(26)6-7-22(8-9-22)15-16-2-3-16/h4-5,14,16H,2-3,6-13,15H2,1H3. The van der Waals surface area contributed by atoms with Gasteiger partial charge in [0.25, 0.3) is 0 Å². The highest BCUT2D eigenvalue weighted by atomic mass is 16.5. The molecule has 1 aromatic heterocycles. The normalized spacial score (nSPS) is 21.1. The number of hydrogen-bond donors (Lipinski definition) is 0. The first kappa shape index (κ1) is 18.0. The van der Waals surface area contributed by atoms with Gasteiger partial charge in [-0.25, -0.2) is 4.57 Å². The van der Waals surface area contributed by atoms with Crippen molar-refractivity contribution in [3.05, 3.63) is 18.2 Å². The van der Waals surface area contributed by atoms with Crippen LogP contribution in [-0.2, 0) is 4.74 Å². The van der Waals surface area contributed by atoms with Crippen molar-refractivity contribution in [2.24, 2.45) is 11.3 Å². The van der Waals surface area contributed by atoms with E-state index in [9.17, 15) is 4.79 Å². The summed E-state index contributed by atoms with van der Waals surface area (Å²) in [6, 6.07) is 6.53. The fourth-order valence-corrected chi connectivity index (χ4v) is 4.59. The van der Waals surface area contributed by atoms with Crippen molar-refractivity contribution >= 4 is 22.6 Å². The molecule has 2 heterocycles. The summed E-state index contributed by atoms with van der Waals surface area (Å²) in [7, 11) is 1.59. The highest BCUT2D eigenvalue weighted by Gasteiger charge is 2.46. The number of hydrogen-bond acceptors (Lipinski definition) is 5. The second-order valence-electron chi connectivity index (χ2n) is 8.75. The highest BCUT2D eigenvalue weighted by Crippen LogP contribution is 2.57. The van der Waals surface area contributed by atoms with E-state index in [1.807, 2.05) is 6.07 Å². The van der Waals surface area contributed by atoms with E-state index in [4.69, 9.17) is 9.47 Å². The second-order valence-corrected chi connectivity index (χ2v) is 8.75. The Morgan fingerprint density at radius 2 is 2.07 bits per heavy atom. The Labute approximate surface area is 165 Å². The Morgan fingerprint density at radius 1 is 1.29 bits per heavy atom. The van der Waals surface area contributed by atoms with Crippen molar-refractivity contribution in [2.45, 2.75) is 44.9 Å². The van der Waals surface area contributed by atoms with E-state index in [1.54, 1.807) is 11.7 Å². The minimum atomic E-state index is 0.0977. The number of methoxy groups -OCH3 is 1. The van der Waals surface area contributed by atoms with Gasteiger partial charge in [-0.2, -0.15) is 4.98 Å². The maximum Gasteiger partial charge on any atom is 0.304 e. The lowest BCUT2D eigenvalue weighted by Gasteiger charge is -2.28. The number of ether oxygens (including phenoxy) is 2. The van der Waals surface area contributed by atoms with E-state index in [0.717, 1.165) is 55.4 Å². The molecule has 0 atom stereocenters. The van der Waals surface area contributed by atoms with E-state index in [0.29, 0.717) is 17.8 Å². The molecule has 6 nitrogen and oxygen atoms in total.